The Morgan fingerprint density at radius 2 is 1.64 bits per heavy atom. The van der Waals surface area contributed by atoms with Crippen LogP contribution in [0.2, 0.25) is 0 Å². The summed E-state index contributed by atoms with van der Waals surface area (Å²) in [7, 11) is 0. The smallest absolute Gasteiger partial charge is 0.310 e. The predicted molar refractivity (Wildman–Crippen MR) is 99.2 cm³/mol. The highest BCUT2D eigenvalue weighted by atomic mass is 16.4. The van der Waals surface area contributed by atoms with Crippen LogP contribution in [0.25, 0.3) is 0 Å². The van der Waals surface area contributed by atoms with Crippen molar-refractivity contribution in [3.63, 3.8) is 0 Å². The van der Waals surface area contributed by atoms with Crippen molar-refractivity contribution in [1.82, 2.24) is 0 Å². The Hall–Kier alpha value is -1.05. The van der Waals surface area contributed by atoms with Gasteiger partial charge in [-0.25, -0.2) is 0 Å². The average Bonchev–Trinajstić information content (AvgIpc) is 2.66. The topological polar surface area (TPSA) is 37.3 Å². The van der Waals surface area contributed by atoms with Crippen molar-refractivity contribution in [2.45, 2.75) is 83.5 Å². The van der Waals surface area contributed by atoms with E-state index < -0.39 is 5.97 Å². The summed E-state index contributed by atoms with van der Waals surface area (Å²) in [6.45, 7) is 0. The summed E-state index contributed by atoms with van der Waals surface area (Å²) in [4.78, 5) is 12.3. The van der Waals surface area contributed by atoms with Gasteiger partial charge in [-0.1, -0.05) is 41.6 Å². The maximum absolute atomic E-state index is 12.3. The Bertz CT molecular complexity index is 640. The molecule has 1 N–H and O–H groups in total. The maximum Gasteiger partial charge on any atom is 0.310 e. The van der Waals surface area contributed by atoms with Crippen LogP contribution in [0.1, 0.15) is 83.5 Å². The van der Waals surface area contributed by atoms with E-state index in [4.69, 9.17) is 0 Å². The van der Waals surface area contributed by atoms with E-state index in [0.29, 0.717) is 11.8 Å². The predicted octanol–water partition coefficient (Wildman–Crippen LogP) is 5.88. The molecule has 0 amide bonds. The van der Waals surface area contributed by atoms with E-state index in [1.54, 1.807) is 16.7 Å². The van der Waals surface area contributed by atoms with E-state index in [9.17, 15) is 9.90 Å². The Kier molecular flexibility index (Phi) is 4.06. The van der Waals surface area contributed by atoms with Crippen LogP contribution in [0.15, 0.2) is 22.3 Å². The van der Waals surface area contributed by atoms with Gasteiger partial charge in [-0.3, -0.25) is 4.79 Å². The third kappa shape index (κ3) is 2.54. The molecule has 5 aliphatic rings. The Balaban J connectivity index is 1.60. The molecule has 0 spiro atoms. The van der Waals surface area contributed by atoms with Gasteiger partial charge in [0.1, 0.15) is 0 Å². The normalized spacial score (nSPS) is 40.7. The molecule has 0 aromatic carbocycles. The summed E-state index contributed by atoms with van der Waals surface area (Å²) in [5, 5.41) is 10.1. The van der Waals surface area contributed by atoms with Gasteiger partial charge in [0, 0.05) is 5.92 Å². The molecule has 2 nitrogen and oxygen atoms in total. The lowest BCUT2D eigenvalue weighted by Crippen LogP contribution is -2.39. The van der Waals surface area contributed by atoms with Crippen LogP contribution in [0.3, 0.4) is 0 Å². The first-order valence-electron chi connectivity index (χ1n) is 10.9. The van der Waals surface area contributed by atoms with Crippen LogP contribution in [-0.4, -0.2) is 11.1 Å². The van der Waals surface area contributed by atoms with Crippen molar-refractivity contribution in [3.8, 4) is 0 Å². The van der Waals surface area contributed by atoms with Gasteiger partial charge >= 0.3 is 5.97 Å². The molecule has 0 radical (unpaired) electrons. The number of carboxylic acids is 1. The minimum atomic E-state index is -0.539. The van der Waals surface area contributed by atoms with Crippen molar-refractivity contribution in [1.29, 1.82) is 0 Å². The molecule has 0 aliphatic heterocycles. The quantitative estimate of drug-likeness (QED) is 0.605. The van der Waals surface area contributed by atoms with Crippen LogP contribution in [0.4, 0.5) is 0 Å². The third-order valence-electron chi connectivity index (χ3n) is 8.36. The number of carbonyl (C=O) groups is 1. The van der Waals surface area contributed by atoms with Crippen molar-refractivity contribution in [3.05, 3.63) is 22.3 Å². The lowest BCUT2D eigenvalue weighted by molar-refractivity contribution is -0.141. The fourth-order valence-corrected chi connectivity index (χ4v) is 7.34. The van der Waals surface area contributed by atoms with Crippen molar-refractivity contribution >= 4 is 5.97 Å². The van der Waals surface area contributed by atoms with E-state index in [1.165, 1.54) is 82.6 Å². The highest BCUT2D eigenvalue weighted by molar-refractivity contribution is 5.76. The number of rotatable bonds is 1. The minimum absolute atomic E-state index is 0.194. The van der Waals surface area contributed by atoms with Gasteiger partial charge < -0.3 is 5.11 Å². The average molecular weight is 341 g/mol. The van der Waals surface area contributed by atoms with Crippen LogP contribution in [0.5, 0.6) is 0 Å². The number of aliphatic carboxylic acids is 1. The summed E-state index contributed by atoms with van der Waals surface area (Å²) in [6, 6.07) is 0. The second-order valence-electron chi connectivity index (χ2n) is 9.39. The molecule has 2 fully saturated rings. The Labute approximate surface area is 151 Å². The monoisotopic (exact) mass is 340 g/mol. The van der Waals surface area contributed by atoms with Gasteiger partial charge in [0.2, 0.25) is 0 Å². The van der Waals surface area contributed by atoms with Gasteiger partial charge in [-0.2, -0.15) is 0 Å². The SMILES string of the molecule is O=C(O)C1CC2=C3CCCCC3CCC2C2=C1C1CCCCC1CC2. The maximum atomic E-state index is 12.3. The molecular weight excluding hydrogens is 308 g/mol. The van der Waals surface area contributed by atoms with E-state index in [-0.39, 0.29) is 5.92 Å². The zero-order valence-corrected chi connectivity index (χ0v) is 15.4. The van der Waals surface area contributed by atoms with Crippen LogP contribution < -0.4 is 0 Å². The van der Waals surface area contributed by atoms with Crippen LogP contribution in [0, 0.1) is 29.6 Å². The van der Waals surface area contributed by atoms with E-state index >= 15 is 0 Å². The largest absolute Gasteiger partial charge is 0.481 e. The number of fused-ring (bicyclic) bond motifs is 5. The Morgan fingerprint density at radius 3 is 2.52 bits per heavy atom. The lowest BCUT2D eigenvalue weighted by atomic mass is 9.56. The third-order valence-corrected chi connectivity index (χ3v) is 8.36. The highest BCUT2D eigenvalue weighted by Gasteiger charge is 2.46. The molecular formula is C23H32O2. The molecule has 5 unspecified atom stereocenters. The van der Waals surface area contributed by atoms with Gasteiger partial charge in [-0.05, 0) is 82.0 Å². The molecule has 0 aromatic heterocycles. The first kappa shape index (κ1) is 16.1. The zero-order chi connectivity index (χ0) is 17.0. The standard InChI is InChI=1S/C23H32O2/c24-23(25)21-13-20-16-7-3-1-5-14(16)9-11-18(20)19-12-10-15-6-2-4-8-17(15)22(19)21/h14-15,17-18,21H,1-13H2,(H,24,25). The van der Waals surface area contributed by atoms with Gasteiger partial charge in [0.25, 0.3) is 0 Å². The summed E-state index contributed by atoms with van der Waals surface area (Å²) >= 11 is 0. The fourth-order valence-electron chi connectivity index (χ4n) is 7.34. The fraction of sp³-hybridized carbons (Fsp3) is 0.783. The lowest BCUT2D eigenvalue weighted by Gasteiger charge is -2.49. The number of hydrogen-bond donors (Lipinski definition) is 1. The first-order chi connectivity index (χ1) is 12.2. The van der Waals surface area contributed by atoms with Crippen molar-refractivity contribution in [2.24, 2.45) is 29.6 Å². The van der Waals surface area contributed by atoms with E-state index in [1.807, 2.05) is 0 Å². The summed E-state index contributed by atoms with van der Waals surface area (Å²) in [5.41, 5.74) is 6.38. The summed E-state index contributed by atoms with van der Waals surface area (Å²) in [5.74, 6) is 2.09. The number of allylic oxidation sites excluding steroid dienone is 3. The molecule has 0 aromatic rings. The summed E-state index contributed by atoms with van der Waals surface area (Å²) < 4.78 is 0. The highest BCUT2D eigenvalue weighted by Crippen LogP contribution is 2.57. The molecule has 5 atom stereocenters. The van der Waals surface area contributed by atoms with Gasteiger partial charge in [0.05, 0.1) is 5.92 Å². The molecule has 2 saturated carbocycles. The molecule has 2 heteroatoms. The van der Waals surface area contributed by atoms with Gasteiger partial charge in [-0.15, -0.1) is 0 Å². The Morgan fingerprint density at radius 1 is 0.800 bits per heavy atom. The molecule has 0 heterocycles. The van der Waals surface area contributed by atoms with E-state index in [2.05, 4.69) is 0 Å². The second-order valence-corrected chi connectivity index (χ2v) is 9.39. The molecule has 5 aliphatic carbocycles. The van der Waals surface area contributed by atoms with Crippen molar-refractivity contribution in [2.75, 3.05) is 0 Å². The first-order valence-corrected chi connectivity index (χ1v) is 10.9. The number of hydrogen-bond acceptors (Lipinski definition) is 1. The minimum Gasteiger partial charge on any atom is -0.481 e. The molecule has 5 rings (SSSR count). The van der Waals surface area contributed by atoms with Crippen LogP contribution >= 0.6 is 0 Å². The molecule has 136 valence electrons. The van der Waals surface area contributed by atoms with E-state index in [0.717, 1.165) is 18.3 Å². The van der Waals surface area contributed by atoms with Crippen LogP contribution in [-0.2, 0) is 4.79 Å². The number of carboxylic acid groups (broad SMARTS) is 1. The summed E-state index contributed by atoms with van der Waals surface area (Å²) in [6.07, 6.45) is 16.7. The molecule has 0 bridgehead atoms. The molecule has 25 heavy (non-hydrogen) atoms. The second kappa shape index (κ2) is 6.28. The van der Waals surface area contributed by atoms with Gasteiger partial charge in [0.15, 0.2) is 0 Å². The molecule has 0 saturated heterocycles. The van der Waals surface area contributed by atoms with Crippen molar-refractivity contribution < 1.29 is 9.90 Å². The zero-order valence-electron chi connectivity index (χ0n) is 15.4.